The van der Waals surface area contributed by atoms with Crippen LogP contribution in [0, 0.1) is 0 Å². The van der Waals surface area contributed by atoms with Crippen LogP contribution >= 0.6 is 11.6 Å². The van der Waals surface area contributed by atoms with E-state index in [4.69, 9.17) is 18.9 Å². The number of fused-ring (bicyclic) bond motifs is 5. The molecule has 0 radical (unpaired) electrons. The van der Waals surface area contributed by atoms with E-state index in [0.29, 0.717) is 76.0 Å². The first-order valence-corrected chi connectivity index (χ1v) is 28.6. The Morgan fingerprint density at radius 2 is 1.45 bits per heavy atom. The molecule has 19 nitrogen and oxygen atoms in total. The number of H-pyrrole nitrogens is 1. The minimum Gasteiger partial charge on any atom is -0.492 e. The summed E-state index contributed by atoms with van der Waals surface area (Å²) in [5.74, 6) is -0.112. The van der Waals surface area contributed by atoms with Gasteiger partial charge >= 0.3 is 0 Å². The summed E-state index contributed by atoms with van der Waals surface area (Å²) in [6, 6.07) is 34.3. The van der Waals surface area contributed by atoms with Gasteiger partial charge in [0.2, 0.25) is 23.6 Å². The molecule has 2 aromatic heterocycles. The molecule has 0 saturated heterocycles. The zero-order valence-corrected chi connectivity index (χ0v) is 49.4. The summed E-state index contributed by atoms with van der Waals surface area (Å²) in [6.45, 7) is 10.3. The fourth-order valence-electron chi connectivity index (χ4n) is 9.13. The number of aromatic nitrogens is 2. The van der Waals surface area contributed by atoms with Crippen LogP contribution in [-0.4, -0.2) is 149 Å². The van der Waals surface area contributed by atoms with Gasteiger partial charge in [-0.05, 0) is 105 Å². The van der Waals surface area contributed by atoms with Crippen molar-refractivity contribution in [3.8, 4) is 11.5 Å². The lowest BCUT2D eigenvalue weighted by molar-refractivity contribution is -0.128. The molecule has 0 fully saturated rings. The normalized spacial score (nSPS) is 12.1. The van der Waals surface area contributed by atoms with Crippen molar-refractivity contribution in [2.24, 2.45) is 0 Å². The second kappa shape index (κ2) is 32.8. The molecule has 7 aromatic rings. The van der Waals surface area contributed by atoms with E-state index in [-0.39, 0.29) is 50.5 Å². The van der Waals surface area contributed by atoms with Gasteiger partial charge in [-0.1, -0.05) is 74.9 Å². The SMILES string of the molecule is CCC.CCl.CNN(C)Cc1cc2ccccc2n1CCC(=O)NCCOCCOCCC(=O)NCC(=O)NC(C)C(=O)Nc1ccc(COc2cc3c(c4ccccc24)CCN3C(=O)c2cc3cc(OCCN(C)C)ccc3[nH]2)cc1. The number of nitrogens with one attached hydrogen (secondary N) is 6. The Kier molecular flexibility index (Phi) is 25.5. The molecule has 6 N–H and O–H groups in total. The summed E-state index contributed by atoms with van der Waals surface area (Å²) < 4.78 is 25.6. The number of carbonyl (C=O) groups is 5. The summed E-state index contributed by atoms with van der Waals surface area (Å²) in [4.78, 5) is 71.9. The van der Waals surface area contributed by atoms with E-state index in [1.165, 1.54) is 12.8 Å². The van der Waals surface area contributed by atoms with E-state index >= 15 is 0 Å². The number of anilines is 2. The smallest absolute Gasteiger partial charge is 0.274 e. The molecule has 1 atom stereocenters. The summed E-state index contributed by atoms with van der Waals surface area (Å²) in [5, 5.41) is 16.9. The number of aromatic amines is 1. The summed E-state index contributed by atoms with van der Waals surface area (Å²) in [5.41, 5.74) is 9.98. The fourth-order valence-corrected chi connectivity index (χ4v) is 9.13. The van der Waals surface area contributed by atoms with Gasteiger partial charge in [-0.15, -0.1) is 11.6 Å². The van der Waals surface area contributed by atoms with E-state index in [1.807, 2.05) is 111 Å². The predicted molar refractivity (Wildman–Crippen MR) is 326 cm³/mol. The van der Waals surface area contributed by atoms with Crippen LogP contribution in [0.3, 0.4) is 0 Å². The number of hydrogen-bond acceptors (Lipinski definition) is 12. The first kappa shape index (κ1) is 63.7. The molecule has 0 aliphatic carbocycles. The highest BCUT2D eigenvalue weighted by molar-refractivity contribution is 6.15. The number of likely N-dealkylation sites (N-methyl/N-ethyl adjacent to an activating group) is 1. The monoisotopic (exact) mass is 1140 g/mol. The lowest BCUT2D eigenvalue weighted by Crippen LogP contribution is -2.46. The van der Waals surface area contributed by atoms with Gasteiger partial charge in [-0.3, -0.25) is 29.4 Å². The minimum atomic E-state index is -0.880. The van der Waals surface area contributed by atoms with E-state index in [9.17, 15) is 24.0 Å². The molecule has 440 valence electrons. The highest BCUT2D eigenvalue weighted by Gasteiger charge is 2.30. The number of hydrazine groups is 1. The Labute approximate surface area is 486 Å². The first-order chi connectivity index (χ1) is 39.7. The summed E-state index contributed by atoms with van der Waals surface area (Å²) >= 11 is 4.64. The zero-order valence-electron chi connectivity index (χ0n) is 48.6. The van der Waals surface area contributed by atoms with Crippen LogP contribution in [0.2, 0.25) is 0 Å². The molecule has 82 heavy (non-hydrogen) atoms. The van der Waals surface area contributed by atoms with Crippen molar-refractivity contribution in [2.45, 2.75) is 72.2 Å². The molecule has 0 spiro atoms. The third-order valence-electron chi connectivity index (χ3n) is 13.3. The molecular formula is C62H81ClN10O9. The number of halogens is 1. The van der Waals surface area contributed by atoms with Gasteiger partial charge in [0.15, 0.2) is 0 Å². The quantitative estimate of drug-likeness (QED) is 0.0156. The molecule has 1 aliphatic rings. The molecule has 1 unspecified atom stereocenters. The van der Waals surface area contributed by atoms with E-state index < -0.39 is 17.9 Å². The molecule has 1 aliphatic heterocycles. The molecule has 3 heterocycles. The van der Waals surface area contributed by atoms with Crippen molar-refractivity contribution >= 4 is 85.1 Å². The molecule has 8 rings (SSSR count). The number of nitrogens with zero attached hydrogens (tertiary/aromatic N) is 4. The number of amides is 5. The van der Waals surface area contributed by atoms with Crippen LogP contribution in [0.25, 0.3) is 32.6 Å². The number of rotatable bonds is 28. The highest BCUT2D eigenvalue weighted by Crippen LogP contribution is 2.41. The highest BCUT2D eigenvalue weighted by atomic mass is 35.5. The van der Waals surface area contributed by atoms with Gasteiger partial charge in [-0.25, -0.2) is 5.01 Å². The van der Waals surface area contributed by atoms with Gasteiger partial charge in [0.1, 0.15) is 36.4 Å². The minimum absolute atomic E-state index is 0.0376. The summed E-state index contributed by atoms with van der Waals surface area (Å²) in [6.07, 6.45) is 3.81. The average Bonchev–Trinajstić information content (AvgIpc) is 3.68. The maximum atomic E-state index is 14.1. The number of carbonyl (C=O) groups excluding carboxylic acids is 5. The van der Waals surface area contributed by atoms with Crippen molar-refractivity contribution < 1.29 is 42.9 Å². The number of benzene rings is 5. The Bertz CT molecular complexity index is 3200. The lowest BCUT2D eigenvalue weighted by Gasteiger charge is -2.19. The van der Waals surface area contributed by atoms with Crippen LogP contribution in [0.5, 0.6) is 11.5 Å². The van der Waals surface area contributed by atoms with Crippen LogP contribution in [0.4, 0.5) is 11.4 Å². The topological polar surface area (TPSA) is 213 Å². The molecule has 5 aromatic carbocycles. The molecule has 5 amide bonds. The van der Waals surface area contributed by atoms with Crippen molar-refractivity contribution in [2.75, 3.05) is 104 Å². The number of aryl methyl sites for hydroxylation is 1. The van der Waals surface area contributed by atoms with Crippen molar-refractivity contribution in [3.05, 3.63) is 132 Å². The third kappa shape index (κ3) is 18.5. The van der Waals surface area contributed by atoms with Crippen LogP contribution in [0.1, 0.15) is 67.3 Å². The van der Waals surface area contributed by atoms with Gasteiger partial charge in [0.05, 0.1) is 45.2 Å². The predicted octanol–water partition coefficient (Wildman–Crippen LogP) is 8.02. The largest absolute Gasteiger partial charge is 0.492 e. The summed E-state index contributed by atoms with van der Waals surface area (Å²) in [7, 11) is 7.84. The van der Waals surface area contributed by atoms with Gasteiger partial charge in [0, 0.05) is 91.7 Å². The van der Waals surface area contributed by atoms with Crippen molar-refractivity contribution in [1.29, 1.82) is 0 Å². The van der Waals surface area contributed by atoms with Crippen molar-refractivity contribution in [1.82, 2.24) is 40.8 Å². The Balaban J connectivity index is 0.00000209. The lowest BCUT2D eigenvalue weighted by atomic mass is 10.0. The van der Waals surface area contributed by atoms with Gasteiger partial charge < -0.3 is 59.6 Å². The van der Waals surface area contributed by atoms with E-state index in [0.717, 1.165) is 67.4 Å². The van der Waals surface area contributed by atoms with E-state index in [2.05, 4.69) is 90.9 Å². The van der Waals surface area contributed by atoms with Crippen LogP contribution in [-0.2, 0) is 54.8 Å². The van der Waals surface area contributed by atoms with Gasteiger partial charge in [-0.2, -0.15) is 0 Å². The Morgan fingerprint density at radius 3 is 2.20 bits per heavy atom. The third-order valence-corrected chi connectivity index (χ3v) is 13.3. The number of para-hydroxylation sites is 1. The molecular weight excluding hydrogens is 1060 g/mol. The van der Waals surface area contributed by atoms with E-state index in [1.54, 1.807) is 19.1 Å². The second-order valence-electron chi connectivity index (χ2n) is 20.0. The number of hydrogen-bond donors (Lipinski definition) is 6. The Morgan fingerprint density at radius 1 is 0.744 bits per heavy atom. The average molecular weight is 1150 g/mol. The van der Waals surface area contributed by atoms with Crippen LogP contribution < -0.4 is 41.1 Å². The zero-order chi connectivity index (χ0) is 59.0. The standard InChI is InChI=1S/C58H70N10O9.C3H8.CH3Cl/c1-39(62-56(71)36-61-55(70)22-27-74-30-31-75-28-23-60-54(69)21-25-67-44(37-66(5)59-2)32-41-10-6-9-13-51(41)67)57(72)63-43-16-14-40(15-17-43)38-77-53-35-52-47(46-11-7-8-12-48(46)53)20-24-68(52)58(73)50-34-42-33-45(18-19-49(42)64-50)76-29-26-65(3)4;1-3-2;1-2/h6-19,32-35,39,59,64H,20-31,36-38H2,1-5H3,(H,60,69)(H,61,70)(H,62,71)(H,63,72);3H2,1-2H3;1H3. The molecule has 20 heteroatoms. The number of alkyl halides is 1. The van der Waals surface area contributed by atoms with Crippen molar-refractivity contribution in [3.63, 3.8) is 0 Å². The molecule has 0 bridgehead atoms. The maximum Gasteiger partial charge on any atom is 0.274 e. The molecule has 0 saturated carbocycles. The van der Waals surface area contributed by atoms with Crippen LogP contribution in [0.15, 0.2) is 109 Å². The first-order valence-electron chi connectivity index (χ1n) is 27.9. The maximum absolute atomic E-state index is 14.1. The van der Waals surface area contributed by atoms with Gasteiger partial charge in [0.25, 0.3) is 5.91 Å². The Hall–Kier alpha value is -7.52. The second-order valence-corrected chi connectivity index (χ2v) is 20.0. The fraction of sp³-hybridized carbons (Fsp3) is 0.403. The number of ether oxygens (including phenoxy) is 4.